The van der Waals surface area contributed by atoms with E-state index < -0.39 is 12.1 Å². The molecule has 9 heavy (non-hydrogen) atoms. The van der Waals surface area contributed by atoms with E-state index in [-0.39, 0.29) is 6.42 Å². The molecule has 1 rings (SSSR count). The van der Waals surface area contributed by atoms with Crippen LogP contribution in [0.1, 0.15) is 12.8 Å². The number of nitrogens with one attached hydrogen (secondary N) is 1. The van der Waals surface area contributed by atoms with E-state index in [0.717, 1.165) is 0 Å². The van der Waals surface area contributed by atoms with Gasteiger partial charge in [-0.15, -0.1) is 0 Å². The molecule has 0 bridgehead atoms. The van der Waals surface area contributed by atoms with Crippen LogP contribution in [0.25, 0.3) is 0 Å². The van der Waals surface area contributed by atoms with Gasteiger partial charge in [0.2, 0.25) is 0 Å². The van der Waals surface area contributed by atoms with Crippen molar-refractivity contribution in [1.29, 1.82) is 0 Å². The van der Waals surface area contributed by atoms with Crippen LogP contribution in [0.4, 0.5) is 8.78 Å². The van der Waals surface area contributed by atoms with Gasteiger partial charge in [0.15, 0.2) is 0 Å². The Hall–Kier alpha value is -0.220. The first-order chi connectivity index (χ1) is 4.13. The lowest BCUT2D eigenvalue weighted by Gasteiger charge is -2.28. The predicted molar refractivity (Wildman–Crippen MR) is 30.2 cm³/mol. The third-order valence-corrected chi connectivity index (χ3v) is 1.51. The van der Waals surface area contributed by atoms with E-state index in [9.17, 15) is 8.78 Å². The molecule has 1 heterocycles. The third kappa shape index (κ3) is 1.37. The first-order valence-corrected chi connectivity index (χ1v) is 3.00. The number of piperidine rings is 1. The van der Waals surface area contributed by atoms with Gasteiger partial charge in [0, 0.05) is 6.42 Å². The lowest BCUT2D eigenvalue weighted by Crippen LogP contribution is -2.55. The van der Waals surface area contributed by atoms with Crippen LogP contribution in [0.15, 0.2) is 0 Å². The molecule has 0 aromatic heterocycles. The van der Waals surface area contributed by atoms with Gasteiger partial charge >= 0.3 is 0 Å². The summed E-state index contributed by atoms with van der Waals surface area (Å²) in [6.45, 7) is 0.608. The number of halogens is 2. The van der Waals surface area contributed by atoms with E-state index in [1.165, 1.54) is 0 Å². The highest BCUT2D eigenvalue weighted by molar-refractivity contribution is 4.82. The molecule has 1 aliphatic rings. The minimum absolute atomic E-state index is 0.0822. The Morgan fingerprint density at radius 2 is 2.22 bits per heavy atom. The molecule has 4 heteroatoms. The molecule has 1 saturated heterocycles. The van der Waals surface area contributed by atoms with Crippen molar-refractivity contribution in [3.05, 3.63) is 0 Å². The Balaban J connectivity index is 2.49. The first-order valence-electron chi connectivity index (χ1n) is 3.00. The maximum Gasteiger partial charge on any atom is 0.275 e. The topological polar surface area (TPSA) is 38.0 Å². The number of rotatable bonds is 0. The van der Waals surface area contributed by atoms with Crippen LogP contribution >= 0.6 is 0 Å². The largest absolute Gasteiger partial charge is 0.311 e. The second-order valence-corrected chi connectivity index (χ2v) is 2.30. The predicted octanol–water partition coefficient (Wildman–Crippen LogP) is 0.290. The van der Waals surface area contributed by atoms with Crippen molar-refractivity contribution in [1.82, 2.24) is 5.32 Å². The van der Waals surface area contributed by atoms with E-state index in [0.29, 0.717) is 13.0 Å². The first kappa shape index (κ1) is 6.89. The lowest BCUT2D eigenvalue weighted by atomic mass is 10.1. The van der Waals surface area contributed by atoms with Crippen LogP contribution in [0, 0.1) is 0 Å². The van der Waals surface area contributed by atoms with Crippen LogP contribution in [0.5, 0.6) is 0 Å². The maximum absolute atomic E-state index is 12.4. The molecule has 0 saturated carbocycles. The van der Waals surface area contributed by atoms with Gasteiger partial charge in [-0.1, -0.05) is 0 Å². The summed E-state index contributed by atoms with van der Waals surface area (Å²) in [5.41, 5.74) is 5.05. The average Bonchev–Trinajstić information content (AvgIpc) is 1.77. The zero-order chi connectivity index (χ0) is 6.91. The summed E-state index contributed by atoms with van der Waals surface area (Å²) in [6.07, 6.45) is -0.701. The van der Waals surface area contributed by atoms with Crippen molar-refractivity contribution in [2.75, 3.05) is 6.54 Å². The monoisotopic (exact) mass is 136 g/mol. The molecule has 54 valence electrons. The van der Waals surface area contributed by atoms with Gasteiger partial charge in [-0.2, -0.15) is 0 Å². The highest BCUT2D eigenvalue weighted by Gasteiger charge is 2.38. The Morgan fingerprint density at radius 1 is 1.56 bits per heavy atom. The molecule has 0 aromatic rings. The Bertz CT molecular complexity index is 105. The van der Waals surface area contributed by atoms with Crippen molar-refractivity contribution in [2.45, 2.75) is 24.9 Å². The third-order valence-electron chi connectivity index (χ3n) is 1.51. The fourth-order valence-corrected chi connectivity index (χ4v) is 0.886. The van der Waals surface area contributed by atoms with Crippen molar-refractivity contribution in [2.24, 2.45) is 5.73 Å². The molecule has 1 unspecified atom stereocenters. The summed E-state index contributed by atoms with van der Waals surface area (Å²) in [6, 6.07) is 0. The summed E-state index contributed by atoms with van der Waals surface area (Å²) in [5, 5.41) is 2.50. The highest BCUT2D eigenvalue weighted by Crippen LogP contribution is 2.24. The van der Waals surface area contributed by atoms with Gasteiger partial charge < -0.3 is 5.73 Å². The standard InChI is InChI=1S/C5H10F2N2/c6-5(7)2-1-3-9-4(5)8/h4,9H,1-3,8H2. The molecular weight excluding hydrogens is 126 g/mol. The minimum Gasteiger partial charge on any atom is -0.311 e. The number of hydrogen-bond acceptors (Lipinski definition) is 2. The Morgan fingerprint density at radius 3 is 2.56 bits per heavy atom. The van der Waals surface area contributed by atoms with Crippen molar-refractivity contribution in [3.63, 3.8) is 0 Å². The summed E-state index contributed by atoms with van der Waals surface area (Å²) >= 11 is 0. The van der Waals surface area contributed by atoms with Crippen molar-refractivity contribution in [3.8, 4) is 0 Å². The second-order valence-electron chi connectivity index (χ2n) is 2.30. The van der Waals surface area contributed by atoms with Crippen LogP contribution in [0.2, 0.25) is 0 Å². The Labute approximate surface area is 52.4 Å². The average molecular weight is 136 g/mol. The van der Waals surface area contributed by atoms with E-state index in [1.807, 2.05) is 0 Å². The molecule has 0 aliphatic carbocycles. The second kappa shape index (κ2) is 2.19. The molecule has 2 nitrogen and oxygen atoms in total. The van der Waals surface area contributed by atoms with Gasteiger partial charge in [-0.05, 0) is 13.0 Å². The molecule has 1 atom stereocenters. The maximum atomic E-state index is 12.4. The fraction of sp³-hybridized carbons (Fsp3) is 1.00. The molecule has 3 N–H and O–H groups in total. The molecule has 0 radical (unpaired) electrons. The highest BCUT2D eigenvalue weighted by atomic mass is 19.3. The van der Waals surface area contributed by atoms with Crippen LogP contribution in [-0.4, -0.2) is 18.6 Å². The summed E-state index contributed by atoms with van der Waals surface area (Å²) in [4.78, 5) is 0. The van der Waals surface area contributed by atoms with Gasteiger partial charge in [0.05, 0.1) is 0 Å². The zero-order valence-electron chi connectivity index (χ0n) is 5.03. The van der Waals surface area contributed by atoms with Crippen LogP contribution in [0.3, 0.4) is 0 Å². The molecule has 0 aromatic carbocycles. The van der Waals surface area contributed by atoms with Crippen LogP contribution in [-0.2, 0) is 0 Å². The van der Waals surface area contributed by atoms with Crippen LogP contribution < -0.4 is 11.1 Å². The SMILES string of the molecule is NC1NCCCC1(F)F. The van der Waals surface area contributed by atoms with Gasteiger partial charge in [0.1, 0.15) is 6.17 Å². The van der Waals surface area contributed by atoms with E-state index in [2.05, 4.69) is 5.32 Å². The summed E-state index contributed by atoms with van der Waals surface area (Å²) in [5.74, 6) is -2.70. The van der Waals surface area contributed by atoms with Gasteiger partial charge in [-0.3, -0.25) is 5.32 Å². The van der Waals surface area contributed by atoms with Crippen molar-refractivity contribution < 1.29 is 8.78 Å². The van der Waals surface area contributed by atoms with E-state index in [1.54, 1.807) is 0 Å². The lowest BCUT2D eigenvalue weighted by molar-refractivity contribution is -0.0584. The van der Waals surface area contributed by atoms with E-state index >= 15 is 0 Å². The number of alkyl halides is 2. The minimum atomic E-state index is -2.70. The summed E-state index contributed by atoms with van der Waals surface area (Å²) in [7, 11) is 0. The quantitative estimate of drug-likeness (QED) is 0.502. The molecule has 1 fully saturated rings. The molecular formula is C5H10F2N2. The smallest absolute Gasteiger partial charge is 0.275 e. The molecule has 1 aliphatic heterocycles. The van der Waals surface area contributed by atoms with Gasteiger partial charge in [-0.25, -0.2) is 8.78 Å². The number of nitrogens with two attached hydrogens (primary N) is 1. The fourth-order valence-electron chi connectivity index (χ4n) is 0.886. The van der Waals surface area contributed by atoms with Crippen molar-refractivity contribution >= 4 is 0 Å². The van der Waals surface area contributed by atoms with E-state index in [4.69, 9.17) is 5.73 Å². The molecule has 0 amide bonds. The van der Waals surface area contributed by atoms with Gasteiger partial charge in [0.25, 0.3) is 5.92 Å². The summed E-state index contributed by atoms with van der Waals surface area (Å²) < 4.78 is 24.8. The molecule has 0 spiro atoms. The zero-order valence-corrected chi connectivity index (χ0v) is 5.03. The number of hydrogen-bond donors (Lipinski definition) is 2. The Kier molecular flexibility index (Phi) is 1.68. The normalized spacial score (nSPS) is 34.3.